The minimum Gasteiger partial charge on any atom is -0.399 e. The van der Waals surface area contributed by atoms with Crippen LogP contribution < -0.4 is 5.73 Å². The van der Waals surface area contributed by atoms with Crippen LogP contribution >= 0.6 is 0 Å². The van der Waals surface area contributed by atoms with Crippen LogP contribution in [-0.4, -0.2) is 14.2 Å². The second kappa shape index (κ2) is 6.94. The van der Waals surface area contributed by atoms with Crippen molar-refractivity contribution < 1.29 is 8.42 Å². The topological polar surface area (TPSA) is 60.2 Å². The largest absolute Gasteiger partial charge is 0.399 e. The highest BCUT2D eigenvalue weighted by Gasteiger charge is 2.21. The molecule has 0 aromatic heterocycles. The number of nitrogen functional groups attached to an aromatic ring is 1. The van der Waals surface area contributed by atoms with Crippen molar-refractivity contribution in [1.82, 2.24) is 0 Å². The SMILES string of the molecule is CCCCC(CC)CS(=O)(=O)c1ccc(N)cc1C. The van der Waals surface area contributed by atoms with E-state index >= 15 is 0 Å². The maximum Gasteiger partial charge on any atom is 0.178 e. The Hall–Kier alpha value is -1.03. The average molecular weight is 283 g/mol. The molecule has 0 bridgehead atoms. The highest BCUT2D eigenvalue weighted by molar-refractivity contribution is 7.91. The molecular weight excluding hydrogens is 258 g/mol. The molecule has 0 aliphatic carbocycles. The fraction of sp³-hybridized carbons (Fsp3) is 0.600. The Labute approximate surface area is 117 Å². The van der Waals surface area contributed by atoms with Gasteiger partial charge in [-0.3, -0.25) is 0 Å². The lowest BCUT2D eigenvalue weighted by Gasteiger charge is -2.16. The van der Waals surface area contributed by atoms with E-state index in [2.05, 4.69) is 13.8 Å². The predicted octanol–water partition coefficient (Wildman–Crippen LogP) is 3.57. The summed E-state index contributed by atoms with van der Waals surface area (Å²) in [5.74, 6) is 0.496. The molecule has 2 N–H and O–H groups in total. The Bertz CT molecular complexity index is 509. The molecule has 0 radical (unpaired) electrons. The lowest BCUT2D eigenvalue weighted by molar-refractivity contribution is 0.483. The van der Waals surface area contributed by atoms with Gasteiger partial charge in [-0.25, -0.2) is 8.42 Å². The van der Waals surface area contributed by atoms with Gasteiger partial charge in [-0.15, -0.1) is 0 Å². The second-order valence-electron chi connectivity index (χ2n) is 5.22. The zero-order valence-electron chi connectivity index (χ0n) is 12.1. The first-order chi connectivity index (χ1) is 8.90. The summed E-state index contributed by atoms with van der Waals surface area (Å²) >= 11 is 0. The van der Waals surface area contributed by atoms with Crippen LogP contribution in [0.5, 0.6) is 0 Å². The van der Waals surface area contributed by atoms with Gasteiger partial charge in [0.05, 0.1) is 10.6 Å². The number of rotatable bonds is 7. The minimum atomic E-state index is -3.21. The molecule has 0 saturated carbocycles. The van der Waals surface area contributed by atoms with Crippen LogP contribution in [0.1, 0.15) is 45.1 Å². The highest BCUT2D eigenvalue weighted by atomic mass is 32.2. The molecule has 19 heavy (non-hydrogen) atoms. The summed E-state index contributed by atoms with van der Waals surface area (Å²) in [5, 5.41) is 0. The quantitative estimate of drug-likeness (QED) is 0.778. The molecule has 1 rings (SSSR count). The molecule has 0 spiro atoms. The third-order valence-electron chi connectivity index (χ3n) is 3.53. The number of hydrogen-bond acceptors (Lipinski definition) is 3. The van der Waals surface area contributed by atoms with E-state index in [1.165, 1.54) is 0 Å². The van der Waals surface area contributed by atoms with Gasteiger partial charge in [-0.05, 0) is 43.0 Å². The van der Waals surface area contributed by atoms with E-state index in [4.69, 9.17) is 5.73 Å². The highest BCUT2D eigenvalue weighted by Crippen LogP contribution is 2.23. The molecule has 1 aromatic rings. The van der Waals surface area contributed by atoms with Crippen molar-refractivity contribution in [3.05, 3.63) is 23.8 Å². The van der Waals surface area contributed by atoms with Gasteiger partial charge in [0.25, 0.3) is 0 Å². The zero-order valence-corrected chi connectivity index (χ0v) is 13.0. The van der Waals surface area contributed by atoms with Crippen LogP contribution in [0.4, 0.5) is 5.69 Å². The third kappa shape index (κ3) is 4.53. The standard InChI is InChI=1S/C15H25NO2S/c1-4-6-7-13(5-2)11-19(17,18)15-9-8-14(16)10-12(15)3/h8-10,13H,4-7,11,16H2,1-3H3. The van der Waals surface area contributed by atoms with Crippen LogP contribution in [0.25, 0.3) is 0 Å². The number of sulfone groups is 1. The molecular formula is C15H25NO2S. The summed E-state index contributed by atoms with van der Waals surface area (Å²) in [4.78, 5) is 0.427. The first kappa shape index (κ1) is 16.0. The number of hydrogen-bond donors (Lipinski definition) is 1. The van der Waals surface area contributed by atoms with Gasteiger partial charge in [0.1, 0.15) is 0 Å². The molecule has 0 aliphatic rings. The maximum absolute atomic E-state index is 12.5. The van der Waals surface area contributed by atoms with E-state index in [0.717, 1.165) is 31.2 Å². The van der Waals surface area contributed by atoms with Gasteiger partial charge in [-0.1, -0.05) is 33.1 Å². The fourth-order valence-corrected chi connectivity index (χ4v) is 4.35. The molecule has 1 atom stereocenters. The lowest BCUT2D eigenvalue weighted by Crippen LogP contribution is -2.17. The van der Waals surface area contributed by atoms with Gasteiger partial charge in [0.15, 0.2) is 9.84 Å². The number of unbranched alkanes of at least 4 members (excludes halogenated alkanes) is 1. The molecule has 0 saturated heterocycles. The predicted molar refractivity (Wildman–Crippen MR) is 81.0 cm³/mol. The van der Waals surface area contributed by atoms with E-state index < -0.39 is 9.84 Å². The number of benzene rings is 1. The molecule has 1 unspecified atom stereocenters. The second-order valence-corrected chi connectivity index (χ2v) is 7.23. The Morgan fingerprint density at radius 3 is 2.47 bits per heavy atom. The van der Waals surface area contributed by atoms with Gasteiger partial charge in [0.2, 0.25) is 0 Å². The Morgan fingerprint density at radius 2 is 1.95 bits per heavy atom. The third-order valence-corrected chi connectivity index (χ3v) is 5.57. The molecule has 0 aliphatic heterocycles. The summed E-state index contributed by atoms with van der Waals surface area (Å²) < 4.78 is 24.9. The molecule has 1 aromatic carbocycles. The van der Waals surface area contributed by atoms with E-state index in [9.17, 15) is 8.42 Å². The summed E-state index contributed by atoms with van der Waals surface area (Å²) in [6.07, 6.45) is 4.10. The van der Waals surface area contributed by atoms with Crippen molar-refractivity contribution in [2.24, 2.45) is 5.92 Å². The van der Waals surface area contributed by atoms with E-state index in [1.807, 2.05) is 0 Å². The van der Waals surface area contributed by atoms with Crippen LogP contribution in [-0.2, 0) is 9.84 Å². The smallest absolute Gasteiger partial charge is 0.178 e. The molecule has 0 fully saturated rings. The lowest BCUT2D eigenvalue weighted by atomic mass is 10.0. The van der Waals surface area contributed by atoms with Gasteiger partial charge >= 0.3 is 0 Å². The average Bonchev–Trinajstić information content (AvgIpc) is 2.33. The van der Waals surface area contributed by atoms with Crippen LogP contribution in [0.3, 0.4) is 0 Å². The summed E-state index contributed by atoms with van der Waals surface area (Å²) in [6, 6.07) is 5.01. The van der Waals surface area contributed by atoms with Crippen molar-refractivity contribution in [2.45, 2.75) is 51.3 Å². The van der Waals surface area contributed by atoms with Crippen molar-refractivity contribution in [1.29, 1.82) is 0 Å². The summed E-state index contributed by atoms with van der Waals surface area (Å²) in [7, 11) is -3.21. The molecule has 3 nitrogen and oxygen atoms in total. The number of anilines is 1. The van der Waals surface area contributed by atoms with Gasteiger partial charge in [-0.2, -0.15) is 0 Å². The summed E-state index contributed by atoms with van der Waals surface area (Å²) in [5.41, 5.74) is 7.02. The maximum atomic E-state index is 12.5. The fourth-order valence-electron chi connectivity index (χ4n) is 2.32. The van der Waals surface area contributed by atoms with Crippen molar-refractivity contribution in [3.8, 4) is 0 Å². The van der Waals surface area contributed by atoms with E-state index in [1.54, 1.807) is 25.1 Å². The van der Waals surface area contributed by atoms with Crippen LogP contribution in [0, 0.1) is 12.8 Å². The zero-order chi connectivity index (χ0) is 14.5. The van der Waals surface area contributed by atoms with Crippen LogP contribution in [0.15, 0.2) is 23.1 Å². The van der Waals surface area contributed by atoms with Crippen molar-refractivity contribution >= 4 is 15.5 Å². The number of nitrogens with two attached hydrogens (primary N) is 1. The minimum absolute atomic E-state index is 0.244. The van der Waals surface area contributed by atoms with Gasteiger partial charge < -0.3 is 5.73 Å². The Balaban J connectivity index is 2.90. The first-order valence-electron chi connectivity index (χ1n) is 6.99. The summed E-state index contributed by atoms with van der Waals surface area (Å²) in [6.45, 7) is 5.99. The molecule has 0 amide bonds. The molecule has 4 heteroatoms. The Morgan fingerprint density at radius 1 is 1.26 bits per heavy atom. The van der Waals surface area contributed by atoms with Gasteiger partial charge in [0, 0.05) is 5.69 Å². The van der Waals surface area contributed by atoms with Crippen molar-refractivity contribution in [2.75, 3.05) is 11.5 Å². The Kier molecular flexibility index (Phi) is 5.85. The monoisotopic (exact) mass is 283 g/mol. The normalized spacial score (nSPS) is 13.4. The first-order valence-corrected chi connectivity index (χ1v) is 8.64. The van der Waals surface area contributed by atoms with E-state index in [-0.39, 0.29) is 11.7 Å². The molecule has 108 valence electrons. The number of aryl methyl sites for hydroxylation is 1. The van der Waals surface area contributed by atoms with E-state index in [0.29, 0.717) is 10.6 Å². The van der Waals surface area contributed by atoms with Crippen molar-refractivity contribution in [3.63, 3.8) is 0 Å². The molecule has 0 heterocycles. The van der Waals surface area contributed by atoms with Crippen LogP contribution in [0.2, 0.25) is 0 Å².